The second-order valence-electron chi connectivity index (χ2n) is 16.5. The van der Waals surface area contributed by atoms with Gasteiger partial charge in [0.25, 0.3) is 0 Å². The number of furan rings is 1. The van der Waals surface area contributed by atoms with Gasteiger partial charge in [-0.3, -0.25) is 0 Å². The third-order valence-electron chi connectivity index (χ3n) is 12.7. The molecule has 0 saturated heterocycles. The summed E-state index contributed by atoms with van der Waals surface area (Å²) in [7, 11) is 0. The molecule has 1 heterocycles. The molecule has 12 aromatic rings. The molecule has 0 N–H and O–H groups in total. The van der Waals surface area contributed by atoms with Crippen molar-refractivity contribution in [3.63, 3.8) is 0 Å². The minimum atomic E-state index is 0.887. The second kappa shape index (κ2) is 15.8. The van der Waals surface area contributed by atoms with Crippen LogP contribution in [-0.4, -0.2) is 0 Å². The number of anilines is 3. The lowest BCUT2D eigenvalue weighted by molar-refractivity contribution is 0.632. The average molecular weight is 816 g/mol. The van der Waals surface area contributed by atoms with E-state index in [2.05, 4.69) is 241 Å². The lowest BCUT2D eigenvalue weighted by atomic mass is 9.95. The van der Waals surface area contributed by atoms with Gasteiger partial charge < -0.3 is 9.32 Å². The molecule has 0 fully saturated rings. The highest BCUT2D eigenvalue weighted by Gasteiger charge is 2.19. The van der Waals surface area contributed by atoms with Crippen LogP contribution in [0.3, 0.4) is 0 Å². The van der Waals surface area contributed by atoms with Crippen molar-refractivity contribution < 1.29 is 4.42 Å². The fourth-order valence-corrected chi connectivity index (χ4v) is 9.46. The van der Waals surface area contributed by atoms with Gasteiger partial charge in [-0.15, -0.1) is 0 Å². The second-order valence-corrected chi connectivity index (χ2v) is 16.5. The van der Waals surface area contributed by atoms with Crippen LogP contribution in [0.25, 0.3) is 99.1 Å². The van der Waals surface area contributed by atoms with Crippen molar-refractivity contribution in [1.82, 2.24) is 0 Å². The van der Waals surface area contributed by atoms with Gasteiger partial charge in [-0.1, -0.05) is 200 Å². The fraction of sp³-hybridized carbons (Fsp3) is 0. The molecule has 0 spiro atoms. The summed E-state index contributed by atoms with van der Waals surface area (Å²) in [5.41, 5.74) is 14.6. The molecule has 0 saturated carbocycles. The molecule has 0 aliphatic carbocycles. The third kappa shape index (κ3) is 6.70. The molecule has 0 atom stereocenters. The summed E-state index contributed by atoms with van der Waals surface area (Å²) in [5.74, 6) is 0.887. The number of nitrogens with zero attached hydrogens (tertiary/aromatic N) is 1. The van der Waals surface area contributed by atoms with Gasteiger partial charge in [-0.2, -0.15) is 0 Å². The largest absolute Gasteiger partial charge is 0.455 e. The normalized spacial score (nSPS) is 11.4. The predicted octanol–water partition coefficient (Wildman–Crippen LogP) is 17.7. The van der Waals surface area contributed by atoms with Crippen molar-refractivity contribution in [2.75, 3.05) is 4.90 Å². The summed E-state index contributed by atoms with van der Waals surface area (Å²) in [4.78, 5) is 2.38. The van der Waals surface area contributed by atoms with Crippen LogP contribution in [0.15, 0.2) is 253 Å². The van der Waals surface area contributed by atoms with Crippen molar-refractivity contribution in [2.24, 2.45) is 0 Å². The molecule has 11 aromatic carbocycles. The Balaban J connectivity index is 0.856. The van der Waals surface area contributed by atoms with Crippen LogP contribution in [0.5, 0.6) is 0 Å². The first-order valence-corrected chi connectivity index (χ1v) is 21.9. The van der Waals surface area contributed by atoms with Crippen molar-refractivity contribution in [2.45, 2.75) is 0 Å². The quantitative estimate of drug-likeness (QED) is 0.142. The molecule has 300 valence electrons. The van der Waals surface area contributed by atoms with Gasteiger partial charge >= 0.3 is 0 Å². The van der Waals surface area contributed by atoms with Gasteiger partial charge in [-0.05, 0) is 114 Å². The van der Waals surface area contributed by atoms with E-state index < -0.39 is 0 Å². The minimum Gasteiger partial charge on any atom is -0.455 e. The van der Waals surface area contributed by atoms with E-state index in [0.29, 0.717) is 0 Å². The van der Waals surface area contributed by atoms with Gasteiger partial charge in [0.15, 0.2) is 0 Å². The average Bonchev–Trinajstić information content (AvgIpc) is 3.77. The van der Waals surface area contributed by atoms with E-state index in [1.807, 2.05) is 12.1 Å². The summed E-state index contributed by atoms with van der Waals surface area (Å²) in [6, 6.07) is 89.5. The molecule has 64 heavy (non-hydrogen) atoms. The molecular formula is C62H41NO. The molecule has 2 heteroatoms. The highest BCUT2D eigenvalue weighted by atomic mass is 16.3. The van der Waals surface area contributed by atoms with Crippen molar-refractivity contribution >= 4 is 60.3 Å². The van der Waals surface area contributed by atoms with E-state index in [1.54, 1.807) is 0 Å². The van der Waals surface area contributed by atoms with Crippen LogP contribution in [0.4, 0.5) is 17.1 Å². The molecule has 0 bridgehead atoms. The SMILES string of the molecule is c1ccc(-c2c(-c3cccc(-c4ccc(-c5ccc(N(c6ccc(-c7ccc8c(ccc9ccccc98)c7)cc6)c6cccc7ccccc67)cc5)cc4)c3)oc3ccccc23)cc1. The molecule has 0 aliphatic rings. The zero-order valence-electron chi connectivity index (χ0n) is 35.0. The summed E-state index contributed by atoms with van der Waals surface area (Å²) >= 11 is 0. The van der Waals surface area contributed by atoms with Crippen molar-refractivity contribution in [3.05, 3.63) is 249 Å². The van der Waals surface area contributed by atoms with E-state index in [-0.39, 0.29) is 0 Å². The molecule has 2 nitrogen and oxygen atoms in total. The van der Waals surface area contributed by atoms with Crippen molar-refractivity contribution in [1.29, 1.82) is 0 Å². The number of benzene rings is 11. The molecule has 0 aliphatic heterocycles. The fourth-order valence-electron chi connectivity index (χ4n) is 9.46. The first-order chi connectivity index (χ1) is 31.7. The Kier molecular flexibility index (Phi) is 9.20. The first kappa shape index (κ1) is 37.3. The van der Waals surface area contributed by atoms with Crippen LogP contribution >= 0.6 is 0 Å². The topological polar surface area (TPSA) is 16.4 Å². The Hall–Kier alpha value is -8.46. The standard InChI is InChI=1S/C62H41NO/c1-2-14-48(15-3-1)61-58-21-8-9-23-60(58)64-62(61)52-18-10-17-49(41-52)44-26-24-42(25-27-44)43-30-35-53(36-31-43)63(59-22-11-16-46-12-5-7-20-57(46)59)54-37-32-45(33-38-54)50-34-39-56-51(40-50)29-28-47-13-4-6-19-55(47)56/h1-41H. The van der Waals surface area contributed by atoms with Crippen LogP contribution in [0, 0.1) is 0 Å². The van der Waals surface area contributed by atoms with Crippen LogP contribution in [-0.2, 0) is 0 Å². The molecule has 0 unspecified atom stereocenters. The Morgan fingerprint density at radius 3 is 1.45 bits per heavy atom. The summed E-state index contributed by atoms with van der Waals surface area (Å²) in [6.45, 7) is 0. The van der Waals surface area contributed by atoms with Crippen LogP contribution in [0.1, 0.15) is 0 Å². The van der Waals surface area contributed by atoms with E-state index >= 15 is 0 Å². The zero-order valence-corrected chi connectivity index (χ0v) is 35.0. The van der Waals surface area contributed by atoms with Gasteiger partial charge in [0.05, 0.1) is 5.69 Å². The van der Waals surface area contributed by atoms with Gasteiger partial charge in [0.2, 0.25) is 0 Å². The number of fused-ring (bicyclic) bond motifs is 5. The Labute approximate surface area is 372 Å². The molecule has 0 amide bonds. The van der Waals surface area contributed by atoms with E-state index in [4.69, 9.17) is 4.42 Å². The Bertz CT molecular complexity index is 3630. The lowest BCUT2D eigenvalue weighted by Crippen LogP contribution is -2.10. The number of rotatable bonds is 8. The van der Waals surface area contributed by atoms with E-state index in [1.165, 1.54) is 49.0 Å². The number of hydrogen-bond donors (Lipinski definition) is 0. The lowest BCUT2D eigenvalue weighted by Gasteiger charge is -2.27. The van der Waals surface area contributed by atoms with Crippen LogP contribution in [0.2, 0.25) is 0 Å². The molecule has 12 rings (SSSR count). The number of hydrogen-bond acceptors (Lipinski definition) is 2. The van der Waals surface area contributed by atoms with Crippen molar-refractivity contribution in [3.8, 4) is 55.8 Å². The summed E-state index contributed by atoms with van der Waals surface area (Å²) < 4.78 is 6.56. The Morgan fingerprint density at radius 2 is 0.734 bits per heavy atom. The monoisotopic (exact) mass is 815 g/mol. The first-order valence-electron chi connectivity index (χ1n) is 21.9. The van der Waals surface area contributed by atoms with Crippen LogP contribution < -0.4 is 4.90 Å². The smallest absolute Gasteiger partial charge is 0.143 e. The van der Waals surface area contributed by atoms with Gasteiger partial charge in [-0.25, -0.2) is 0 Å². The minimum absolute atomic E-state index is 0.887. The highest BCUT2D eigenvalue weighted by molar-refractivity contribution is 6.08. The van der Waals surface area contributed by atoms with E-state index in [9.17, 15) is 0 Å². The summed E-state index contributed by atoms with van der Waals surface area (Å²) in [5, 5.41) is 8.62. The summed E-state index contributed by atoms with van der Waals surface area (Å²) in [6.07, 6.45) is 0. The maximum Gasteiger partial charge on any atom is 0.143 e. The molecule has 0 radical (unpaired) electrons. The van der Waals surface area contributed by atoms with Gasteiger partial charge in [0.1, 0.15) is 11.3 Å². The zero-order chi connectivity index (χ0) is 42.4. The third-order valence-corrected chi connectivity index (χ3v) is 12.7. The van der Waals surface area contributed by atoms with Gasteiger partial charge in [0, 0.05) is 33.3 Å². The molecular weight excluding hydrogens is 775 g/mol. The number of para-hydroxylation sites is 1. The van der Waals surface area contributed by atoms with E-state index in [0.717, 1.165) is 67.2 Å². The maximum atomic E-state index is 6.56. The highest BCUT2D eigenvalue weighted by Crippen LogP contribution is 2.43. The predicted molar refractivity (Wildman–Crippen MR) is 271 cm³/mol. The Morgan fingerprint density at radius 1 is 0.266 bits per heavy atom. The maximum absolute atomic E-state index is 6.56. The molecule has 1 aromatic heterocycles.